The van der Waals surface area contributed by atoms with Crippen molar-refractivity contribution in [2.24, 2.45) is 22.2 Å². The molecule has 0 amide bonds. The van der Waals surface area contributed by atoms with E-state index in [1.807, 2.05) is 0 Å². The van der Waals surface area contributed by atoms with E-state index in [0.29, 0.717) is 12.5 Å². The first kappa shape index (κ1) is 7.88. The minimum atomic E-state index is -0.0562. The molecule has 2 saturated carbocycles. The van der Waals surface area contributed by atoms with E-state index in [4.69, 9.17) is 4.74 Å². The van der Waals surface area contributed by atoms with Crippen molar-refractivity contribution in [2.75, 3.05) is 6.61 Å². The summed E-state index contributed by atoms with van der Waals surface area (Å²) in [6.07, 6.45) is 13.6. The van der Waals surface area contributed by atoms with Crippen molar-refractivity contribution in [3.8, 4) is 0 Å². The van der Waals surface area contributed by atoms with Gasteiger partial charge in [-0.15, -0.1) is 0 Å². The summed E-state index contributed by atoms with van der Waals surface area (Å²) in [6.45, 7) is 0.610. The monoisotopic (exact) mass is 212 g/mol. The van der Waals surface area contributed by atoms with Crippen molar-refractivity contribution >= 4 is 5.97 Å². The summed E-state index contributed by atoms with van der Waals surface area (Å²) in [5.74, 6) is 0.536. The Hall–Kier alpha value is -1.31. The van der Waals surface area contributed by atoms with Gasteiger partial charge < -0.3 is 4.74 Å². The van der Waals surface area contributed by atoms with Crippen LogP contribution in [0.2, 0.25) is 0 Å². The van der Waals surface area contributed by atoms with Crippen molar-refractivity contribution < 1.29 is 9.53 Å². The maximum atomic E-state index is 11.8. The Labute approximate surface area is 93.7 Å². The first-order chi connectivity index (χ1) is 7.76. The van der Waals surface area contributed by atoms with Crippen LogP contribution < -0.4 is 0 Å². The Balaban J connectivity index is 1.89. The molecule has 1 saturated heterocycles. The number of hydrogen-bond acceptors (Lipinski definition) is 2. The molecule has 3 fully saturated rings. The normalized spacial score (nSPS) is 57.9. The molecular weight excluding hydrogens is 200 g/mol. The molecule has 4 atom stereocenters. The molecule has 80 valence electrons. The van der Waals surface area contributed by atoms with Gasteiger partial charge in [0.05, 0.1) is 5.41 Å². The van der Waals surface area contributed by atoms with Crippen LogP contribution in [0.1, 0.15) is 12.8 Å². The predicted molar refractivity (Wildman–Crippen MR) is 57.3 cm³/mol. The van der Waals surface area contributed by atoms with Gasteiger partial charge in [-0.25, -0.2) is 4.79 Å². The largest absolute Gasteiger partial charge is 0.461 e. The van der Waals surface area contributed by atoms with Gasteiger partial charge in [-0.05, 0) is 18.8 Å². The summed E-state index contributed by atoms with van der Waals surface area (Å²) < 4.78 is 5.35. The molecule has 0 N–H and O–H groups in total. The third-order valence-corrected chi connectivity index (χ3v) is 5.80. The summed E-state index contributed by atoms with van der Waals surface area (Å²) in [5, 5.41) is 0. The topological polar surface area (TPSA) is 26.3 Å². The Morgan fingerprint density at radius 1 is 1.19 bits per heavy atom. The van der Waals surface area contributed by atoms with Crippen molar-refractivity contribution in [2.45, 2.75) is 12.8 Å². The number of hydrogen-bond donors (Lipinski definition) is 0. The Kier molecular flexibility index (Phi) is 0.902. The first-order valence-corrected chi connectivity index (χ1v) is 6.02. The molecule has 2 unspecified atom stereocenters. The number of rotatable bonds is 0. The van der Waals surface area contributed by atoms with E-state index in [1.54, 1.807) is 0 Å². The number of carbonyl (C=O) groups excluding carboxylic acids is 1. The second-order valence-electron chi connectivity index (χ2n) is 5.89. The molecule has 2 nitrogen and oxygen atoms in total. The summed E-state index contributed by atoms with van der Waals surface area (Å²) in [4.78, 5) is 11.8. The zero-order chi connectivity index (χ0) is 10.6. The van der Waals surface area contributed by atoms with Crippen molar-refractivity contribution in [1.82, 2.24) is 0 Å². The van der Waals surface area contributed by atoms with E-state index < -0.39 is 0 Å². The molecule has 5 aliphatic carbocycles. The molecule has 1 aliphatic heterocycles. The minimum Gasteiger partial charge on any atom is -0.461 e. The highest BCUT2D eigenvalue weighted by Gasteiger charge is 2.92. The predicted octanol–water partition coefficient (Wildman–Crippen LogP) is 1.99. The summed E-state index contributed by atoms with van der Waals surface area (Å²) in [7, 11) is 0. The van der Waals surface area contributed by atoms with Gasteiger partial charge >= 0.3 is 5.97 Å². The highest BCUT2D eigenvalue weighted by Crippen LogP contribution is 2.93. The van der Waals surface area contributed by atoms with Gasteiger partial charge in [0.25, 0.3) is 0 Å². The Bertz CT molecular complexity index is 511. The van der Waals surface area contributed by atoms with E-state index >= 15 is 0 Å². The highest BCUT2D eigenvalue weighted by molar-refractivity contribution is 5.96. The zero-order valence-electron chi connectivity index (χ0n) is 8.90. The van der Waals surface area contributed by atoms with Crippen LogP contribution in [0.5, 0.6) is 0 Å². The molecule has 2 heteroatoms. The van der Waals surface area contributed by atoms with Gasteiger partial charge in [-0.2, -0.15) is 0 Å². The lowest BCUT2D eigenvalue weighted by atomic mass is 9.72. The molecule has 6 rings (SSSR count). The highest BCUT2D eigenvalue weighted by atomic mass is 16.5. The third-order valence-electron chi connectivity index (χ3n) is 5.80. The van der Waals surface area contributed by atoms with Crippen molar-refractivity contribution in [3.63, 3.8) is 0 Å². The van der Waals surface area contributed by atoms with Crippen LogP contribution in [0, 0.1) is 22.2 Å². The summed E-state index contributed by atoms with van der Waals surface area (Å²) >= 11 is 0. The quantitative estimate of drug-likeness (QED) is 0.574. The van der Waals surface area contributed by atoms with Crippen molar-refractivity contribution in [3.05, 3.63) is 36.0 Å². The number of allylic oxidation sites excluding steroid dienone is 5. The lowest BCUT2D eigenvalue weighted by Crippen LogP contribution is -2.26. The van der Waals surface area contributed by atoms with E-state index in [1.165, 1.54) is 12.8 Å². The van der Waals surface area contributed by atoms with Crippen LogP contribution in [0.3, 0.4) is 0 Å². The number of carbonyl (C=O) groups is 1. The van der Waals surface area contributed by atoms with Gasteiger partial charge in [-0.1, -0.05) is 30.4 Å². The maximum Gasteiger partial charge on any atom is 0.334 e. The van der Waals surface area contributed by atoms with E-state index in [0.717, 1.165) is 5.57 Å². The zero-order valence-corrected chi connectivity index (χ0v) is 8.90. The van der Waals surface area contributed by atoms with Gasteiger partial charge in [0.2, 0.25) is 0 Å². The summed E-state index contributed by atoms with van der Waals surface area (Å²) in [5.41, 5.74) is 1.48. The van der Waals surface area contributed by atoms with E-state index in [2.05, 4.69) is 30.4 Å². The van der Waals surface area contributed by atoms with Gasteiger partial charge in [0.1, 0.15) is 6.61 Å². The van der Waals surface area contributed by atoms with Gasteiger partial charge in [0.15, 0.2) is 0 Å². The molecule has 0 radical (unpaired) electrons. The lowest BCUT2D eigenvalue weighted by Gasteiger charge is -2.28. The van der Waals surface area contributed by atoms with Gasteiger partial charge in [0, 0.05) is 16.4 Å². The smallest absolute Gasteiger partial charge is 0.334 e. The molecule has 6 aliphatic rings. The molecular formula is C14H12O2. The fourth-order valence-electron chi connectivity index (χ4n) is 5.41. The molecule has 3 spiro atoms. The number of esters is 1. The molecule has 1 heterocycles. The Morgan fingerprint density at radius 2 is 1.88 bits per heavy atom. The Morgan fingerprint density at radius 3 is 2.56 bits per heavy atom. The molecule has 0 aromatic rings. The molecule has 16 heavy (non-hydrogen) atoms. The average molecular weight is 212 g/mol. The number of cyclic esters (lactones) is 1. The molecule has 0 aromatic carbocycles. The molecule has 0 aromatic heterocycles. The van der Waals surface area contributed by atoms with Crippen LogP contribution in [-0.2, 0) is 9.53 Å². The van der Waals surface area contributed by atoms with Gasteiger partial charge in [-0.3, -0.25) is 0 Å². The van der Waals surface area contributed by atoms with E-state index in [-0.39, 0.29) is 22.2 Å². The van der Waals surface area contributed by atoms with Crippen LogP contribution in [0.15, 0.2) is 36.0 Å². The van der Waals surface area contributed by atoms with Crippen molar-refractivity contribution in [1.29, 1.82) is 0 Å². The average Bonchev–Trinajstić information content (AvgIpc) is 2.56. The minimum absolute atomic E-state index is 0.0231. The molecule has 4 bridgehead atoms. The van der Waals surface area contributed by atoms with E-state index in [9.17, 15) is 4.79 Å². The first-order valence-electron chi connectivity index (χ1n) is 6.02. The fourth-order valence-corrected chi connectivity index (χ4v) is 5.41. The maximum absolute atomic E-state index is 11.8. The fraction of sp³-hybridized carbons (Fsp3) is 0.500. The SMILES string of the molecule is O=C1OCC23C1=CC1C[C@@]24C=CC=C[C@@]34C1. The second kappa shape index (κ2) is 1.83. The van der Waals surface area contributed by atoms with Crippen LogP contribution in [0.4, 0.5) is 0 Å². The number of ether oxygens (including phenoxy) is 1. The summed E-state index contributed by atoms with van der Waals surface area (Å²) in [6, 6.07) is 0. The second-order valence-corrected chi connectivity index (χ2v) is 5.89. The third kappa shape index (κ3) is 0.441. The van der Waals surface area contributed by atoms with Crippen LogP contribution in [0.25, 0.3) is 0 Å². The van der Waals surface area contributed by atoms with Crippen LogP contribution in [-0.4, -0.2) is 12.6 Å². The lowest BCUT2D eigenvalue weighted by molar-refractivity contribution is -0.135. The van der Waals surface area contributed by atoms with Crippen LogP contribution >= 0.6 is 0 Å². The standard InChI is InChI=1S/C14H12O2/c15-11-10-5-9-6-12-3-1-2-4-13(12,7-9)14(10,12)8-16-11/h1-5,9H,6-8H2/t9?,12-,13+,14?.